The Balaban J connectivity index is 1.87. The highest BCUT2D eigenvalue weighted by Crippen LogP contribution is 2.33. The number of H-pyrrole nitrogens is 1. The van der Waals surface area contributed by atoms with E-state index < -0.39 is 11.2 Å². The molecule has 0 radical (unpaired) electrons. The third kappa shape index (κ3) is 2.45. The number of hydrogen-bond acceptors (Lipinski definition) is 4. The number of allylic oxidation sites excluding steroid dienone is 2. The van der Waals surface area contributed by atoms with Gasteiger partial charge in [-0.15, -0.1) is 0 Å². The van der Waals surface area contributed by atoms with Crippen molar-refractivity contribution in [3.05, 3.63) is 33.4 Å². The standard InChI is InChI=1S/C13H14N2O3S/c16-11-8-6-9(13(17)18)19-12(8)15-10(14-11)5-7-3-1-2-4-7/h3,9H,1-2,4-6H2,(H,17,18)(H,14,15,16). The molecule has 100 valence electrons. The average molecular weight is 278 g/mol. The summed E-state index contributed by atoms with van der Waals surface area (Å²) >= 11 is 1.18. The van der Waals surface area contributed by atoms with E-state index >= 15 is 0 Å². The van der Waals surface area contributed by atoms with Crippen LogP contribution < -0.4 is 5.56 Å². The van der Waals surface area contributed by atoms with Gasteiger partial charge in [-0.05, 0) is 19.3 Å². The molecule has 0 amide bonds. The first kappa shape index (κ1) is 12.5. The average Bonchev–Trinajstić information content (AvgIpc) is 2.97. The van der Waals surface area contributed by atoms with E-state index in [1.165, 1.54) is 23.8 Å². The van der Waals surface area contributed by atoms with Crippen molar-refractivity contribution >= 4 is 17.7 Å². The summed E-state index contributed by atoms with van der Waals surface area (Å²) in [6, 6.07) is 0. The number of hydrogen-bond donors (Lipinski definition) is 2. The highest BCUT2D eigenvalue weighted by Gasteiger charge is 2.31. The molecule has 1 aliphatic heterocycles. The molecule has 0 aromatic carbocycles. The van der Waals surface area contributed by atoms with Gasteiger partial charge in [-0.3, -0.25) is 9.59 Å². The van der Waals surface area contributed by atoms with Gasteiger partial charge in [0.05, 0.1) is 5.56 Å². The van der Waals surface area contributed by atoms with E-state index in [9.17, 15) is 9.59 Å². The predicted octanol–water partition coefficient (Wildman–Crippen LogP) is 1.52. The number of fused-ring (bicyclic) bond motifs is 1. The van der Waals surface area contributed by atoms with Gasteiger partial charge in [0.15, 0.2) is 0 Å². The van der Waals surface area contributed by atoms with Gasteiger partial charge in [0.25, 0.3) is 5.56 Å². The molecule has 0 saturated carbocycles. The number of carboxylic acids is 1. The number of nitrogens with one attached hydrogen (secondary N) is 1. The molecule has 0 fully saturated rings. The first-order valence-corrected chi connectivity index (χ1v) is 7.21. The van der Waals surface area contributed by atoms with E-state index in [2.05, 4.69) is 16.0 Å². The number of carbonyl (C=O) groups is 1. The Hall–Kier alpha value is -1.56. The van der Waals surface area contributed by atoms with Gasteiger partial charge in [-0.2, -0.15) is 0 Å². The lowest BCUT2D eigenvalue weighted by Gasteiger charge is -2.04. The largest absolute Gasteiger partial charge is 0.480 e. The molecule has 5 nitrogen and oxygen atoms in total. The minimum absolute atomic E-state index is 0.185. The van der Waals surface area contributed by atoms with Crippen LogP contribution in [0.1, 0.15) is 30.7 Å². The molecule has 2 aliphatic rings. The predicted molar refractivity (Wildman–Crippen MR) is 71.5 cm³/mol. The Labute approximate surface area is 114 Å². The van der Waals surface area contributed by atoms with E-state index in [4.69, 9.17) is 5.11 Å². The Bertz CT molecular complexity index is 621. The van der Waals surface area contributed by atoms with Crippen LogP contribution >= 0.6 is 11.8 Å². The zero-order chi connectivity index (χ0) is 13.4. The van der Waals surface area contributed by atoms with Crippen LogP contribution in [0.15, 0.2) is 21.5 Å². The van der Waals surface area contributed by atoms with Crippen LogP contribution in [0.25, 0.3) is 0 Å². The van der Waals surface area contributed by atoms with Crippen molar-refractivity contribution in [3.8, 4) is 0 Å². The highest BCUT2D eigenvalue weighted by molar-refractivity contribution is 8.00. The van der Waals surface area contributed by atoms with E-state index in [0.717, 1.165) is 12.8 Å². The lowest BCUT2D eigenvalue weighted by Crippen LogP contribution is -2.20. The summed E-state index contributed by atoms with van der Waals surface area (Å²) in [5.41, 5.74) is 1.64. The summed E-state index contributed by atoms with van der Waals surface area (Å²) in [5, 5.41) is 9.01. The number of rotatable bonds is 3. The van der Waals surface area contributed by atoms with Gasteiger partial charge < -0.3 is 10.1 Å². The van der Waals surface area contributed by atoms with Gasteiger partial charge >= 0.3 is 5.97 Å². The van der Waals surface area contributed by atoms with E-state index in [0.29, 0.717) is 22.8 Å². The number of nitrogens with zero attached hydrogens (tertiary/aromatic N) is 1. The van der Waals surface area contributed by atoms with Crippen LogP contribution in [-0.2, 0) is 17.6 Å². The van der Waals surface area contributed by atoms with Crippen LogP contribution in [-0.4, -0.2) is 26.3 Å². The summed E-state index contributed by atoms with van der Waals surface area (Å²) < 4.78 is 0. The Morgan fingerprint density at radius 3 is 3.11 bits per heavy atom. The molecular weight excluding hydrogens is 264 g/mol. The second-order valence-electron chi connectivity index (χ2n) is 4.88. The molecule has 1 unspecified atom stereocenters. The van der Waals surface area contributed by atoms with E-state index in [1.54, 1.807) is 0 Å². The maximum absolute atomic E-state index is 12.0. The molecular formula is C13H14N2O3S. The van der Waals surface area contributed by atoms with Crippen molar-refractivity contribution in [2.75, 3.05) is 0 Å². The molecule has 19 heavy (non-hydrogen) atoms. The fourth-order valence-electron chi connectivity index (χ4n) is 2.50. The first-order valence-electron chi connectivity index (χ1n) is 6.33. The molecule has 2 N–H and O–H groups in total. The molecule has 6 heteroatoms. The molecule has 0 bridgehead atoms. The van der Waals surface area contributed by atoms with Crippen LogP contribution in [0.5, 0.6) is 0 Å². The van der Waals surface area contributed by atoms with Crippen molar-refractivity contribution < 1.29 is 9.90 Å². The quantitative estimate of drug-likeness (QED) is 0.647. The smallest absolute Gasteiger partial charge is 0.317 e. The molecule has 1 aromatic heterocycles. The van der Waals surface area contributed by atoms with Crippen LogP contribution in [0, 0.1) is 0 Å². The van der Waals surface area contributed by atoms with Crippen molar-refractivity contribution in [1.82, 2.24) is 9.97 Å². The van der Waals surface area contributed by atoms with Gasteiger partial charge in [-0.1, -0.05) is 23.4 Å². The van der Waals surface area contributed by atoms with Crippen molar-refractivity contribution in [2.24, 2.45) is 0 Å². The molecule has 1 aliphatic carbocycles. The molecule has 1 aromatic rings. The minimum Gasteiger partial charge on any atom is -0.480 e. The second-order valence-corrected chi connectivity index (χ2v) is 6.07. The maximum atomic E-state index is 12.0. The third-order valence-corrected chi connectivity index (χ3v) is 4.69. The number of aromatic nitrogens is 2. The zero-order valence-corrected chi connectivity index (χ0v) is 11.1. The number of aromatic amines is 1. The molecule has 3 rings (SSSR count). The van der Waals surface area contributed by atoms with Crippen molar-refractivity contribution in [2.45, 2.75) is 42.4 Å². The number of thioether (sulfide) groups is 1. The normalized spacial score (nSPS) is 21.3. The highest BCUT2D eigenvalue weighted by atomic mass is 32.2. The Morgan fingerprint density at radius 1 is 1.58 bits per heavy atom. The monoisotopic (exact) mass is 278 g/mol. The second kappa shape index (κ2) is 4.85. The molecule has 2 heterocycles. The number of aliphatic carboxylic acids is 1. The Morgan fingerprint density at radius 2 is 2.42 bits per heavy atom. The van der Waals surface area contributed by atoms with Gasteiger partial charge in [0.2, 0.25) is 0 Å². The van der Waals surface area contributed by atoms with Crippen LogP contribution in [0.2, 0.25) is 0 Å². The van der Waals surface area contributed by atoms with Crippen molar-refractivity contribution in [3.63, 3.8) is 0 Å². The lowest BCUT2D eigenvalue weighted by atomic mass is 10.1. The van der Waals surface area contributed by atoms with Gasteiger partial charge in [0.1, 0.15) is 16.1 Å². The summed E-state index contributed by atoms with van der Waals surface area (Å²) in [6.07, 6.45) is 6.45. The fraction of sp³-hybridized carbons (Fsp3) is 0.462. The summed E-state index contributed by atoms with van der Waals surface area (Å²) in [6.45, 7) is 0. The maximum Gasteiger partial charge on any atom is 0.317 e. The van der Waals surface area contributed by atoms with Gasteiger partial charge in [0, 0.05) is 12.8 Å². The fourth-order valence-corrected chi connectivity index (χ4v) is 3.60. The van der Waals surface area contributed by atoms with E-state index in [1.807, 2.05) is 0 Å². The third-order valence-electron chi connectivity index (χ3n) is 3.47. The lowest BCUT2D eigenvalue weighted by molar-refractivity contribution is -0.136. The SMILES string of the molecule is O=C(O)C1Cc2c(nc(CC3=CCCC3)[nH]c2=O)S1. The van der Waals surface area contributed by atoms with Crippen LogP contribution in [0.3, 0.4) is 0 Å². The molecule has 1 atom stereocenters. The zero-order valence-electron chi connectivity index (χ0n) is 10.3. The summed E-state index contributed by atoms with van der Waals surface area (Å²) in [5.74, 6) is -0.238. The number of carboxylic acid groups (broad SMARTS) is 1. The molecule has 0 spiro atoms. The topological polar surface area (TPSA) is 83.0 Å². The minimum atomic E-state index is -0.887. The van der Waals surface area contributed by atoms with Gasteiger partial charge in [-0.25, -0.2) is 4.98 Å². The van der Waals surface area contributed by atoms with E-state index in [-0.39, 0.29) is 12.0 Å². The summed E-state index contributed by atoms with van der Waals surface area (Å²) in [4.78, 5) is 30.1. The van der Waals surface area contributed by atoms with Crippen molar-refractivity contribution in [1.29, 1.82) is 0 Å². The molecule has 0 saturated heterocycles. The summed E-state index contributed by atoms with van der Waals surface area (Å²) in [7, 11) is 0. The van der Waals surface area contributed by atoms with Crippen LogP contribution in [0.4, 0.5) is 0 Å². The Kier molecular flexibility index (Phi) is 3.18. The first-order chi connectivity index (χ1) is 9.13.